The number of halogens is 3. The van der Waals surface area contributed by atoms with Gasteiger partial charge in [-0.3, -0.25) is 5.01 Å². The van der Waals surface area contributed by atoms with Crippen LogP contribution in [0.3, 0.4) is 0 Å². The highest BCUT2D eigenvalue weighted by atomic mass is 32.2. The lowest BCUT2D eigenvalue weighted by Gasteiger charge is -2.34. The minimum Gasteiger partial charge on any atom is -0.406 e. The molecular weight excluding hydrogens is 501 g/mol. The number of thioether (sulfide) groups is 1. The van der Waals surface area contributed by atoms with E-state index in [1.54, 1.807) is 29.3 Å². The highest BCUT2D eigenvalue weighted by Crippen LogP contribution is 2.33. The van der Waals surface area contributed by atoms with Gasteiger partial charge in [0, 0.05) is 5.69 Å². The number of benzene rings is 3. The lowest BCUT2D eigenvalue weighted by molar-refractivity contribution is -0.274. The van der Waals surface area contributed by atoms with Crippen molar-refractivity contribution in [3.05, 3.63) is 89.5 Å². The number of nitrogens with zero attached hydrogens (tertiary/aromatic N) is 5. The third-order valence-corrected chi connectivity index (χ3v) is 6.71. The van der Waals surface area contributed by atoms with Gasteiger partial charge in [-0.2, -0.15) is 10.5 Å². The van der Waals surface area contributed by atoms with Gasteiger partial charge in [-0.15, -0.1) is 18.3 Å². The smallest absolute Gasteiger partial charge is 0.406 e. The van der Waals surface area contributed by atoms with Crippen molar-refractivity contribution in [2.24, 2.45) is 15.2 Å². The molecule has 7 nitrogen and oxygen atoms in total. The Labute approximate surface area is 216 Å². The number of ether oxygens (including phenoxy) is 1. The lowest BCUT2D eigenvalue weighted by Crippen LogP contribution is -2.38. The van der Waals surface area contributed by atoms with E-state index in [0.29, 0.717) is 5.69 Å². The van der Waals surface area contributed by atoms with Gasteiger partial charge >= 0.3 is 6.36 Å². The molecule has 3 aromatic carbocycles. The summed E-state index contributed by atoms with van der Waals surface area (Å²) in [6, 6.07) is 21.6. The van der Waals surface area contributed by atoms with Crippen LogP contribution >= 0.6 is 11.8 Å². The third kappa shape index (κ3) is 5.95. The molecule has 2 heterocycles. The average Bonchev–Trinajstić information content (AvgIpc) is 3.36. The maximum absolute atomic E-state index is 12.4. The zero-order valence-corrected chi connectivity index (χ0v) is 20.6. The highest BCUT2D eigenvalue weighted by molar-refractivity contribution is 8.16. The summed E-state index contributed by atoms with van der Waals surface area (Å²) in [4.78, 5) is 6.61. The first-order valence-corrected chi connectivity index (χ1v) is 12.5. The molecule has 0 amide bonds. The van der Waals surface area contributed by atoms with Gasteiger partial charge in [-0.05, 0) is 53.4 Å². The summed E-state index contributed by atoms with van der Waals surface area (Å²) in [5.74, 6) is 0.581. The van der Waals surface area contributed by atoms with Crippen molar-refractivity contribution < 1.29 is 17.9 Å². The van der Waals surface area contributed by atoms with Crippen LogP contribution in [0.4, 0.5) is 24.5 Å². The molecule has 11 heteroatoms. The van der Waals surface area contributed by atoms with Crippen LogP contribution in [0.15, 0.2) is 88.0 Å². The quantitative estimate of drug-likeness (QED) is 0.299. The number of hydrogen-bond acceptors (Lipinski definition) is 7. The van der Waals surface area contributed by atoms with Crippen LogP contribution in [0.2, 0.25) is 0 Å². The fraction of sp³-hybridized carbons (Fsp3) is 0.192. The molecule has 2 aliphatic heterocycles. The average molecular weight is 525 g/mol. The lowest BCUT2D eigenvalue weighted by atomic mass is 10.1. The first kappa shape index (κ1) is 24.8. The molecule has 1 N–H and O–H groups in total. The second kappa shape index (κ2) is 10.7. The van der Waals surface area contributed by atoms with Gasteiger partial charge in [0.05, 0.1) is 17.8 Å². The second-order valence-corrected chi connectivity index (χ2v) is 9.10. The zero-order valence-electron chi connectivity index (χ0n) is 19.8. The van der Waals surface area contributed by atoms with Crippen LogP contribution in [0.5, 0.6) is 5.75 Å². The summed E-state index contributed by atoms with van der Waals surface area (Å²) < 4.78 is 41.0. The fourth-order valence-electron chi connectivity index (χ4n) is 3.87. The van der Waals surface area contributed by atoms with Crippen LogP contribution in [0.1, 0.15) is 29.8 Å². The number of aryl methyl sites for hydroxylation is 1. The number of hydrazine groups is 1. The summed E-state index contributed by atoms with van der Waals surface area (Å²) in [6.07, 6.45) is -0.783. The molecule has 0 aliphatic carbocycles. The van der Waals surface area contributed by atoms with Gasteiger partial charge in [0.25, 0.3) is 0 Å². The van der Waals surface area contributed by atoms with E-state index in [1.165, 1.54) is 35.5 Å². The Hall–Kier alpha value is -3.83. The Balaban J connectivity index is 1.17. The number of para-hydroxylation sites is 1. The van der Waals surface area contributed by atoms with Crippen molar-refractivity contribution in [1.29, 1.82) is 0 Å². The molecule has 0 spiro atoms. The number of nitrogens with one attached hydrogen (secondary N) is 1. The molecule has 0 bridgehead atoms. The van der Waals surface area contributed by atoms with Gasteiger partial charge in [-0.25, -0.2) is 4.99 Å². The Kier molecular flexibility index (Phi) is 7.15. The number of hydrogen-bond donors (Lipinski definition) is 1. The van der Waals surface area contributed by atoms with Gasteiger partial charge in [0.1, 0.15) is 18.3 Å². The van der Waals surface area contributed by atoms with Crippen molar-refractivity contribution in [2.45, 2.75) is 25.9 Å². The summed E-state index contributed by atoms with van der Waals surface area (Å²) in [5.41, 5.74) is 8.11. The highest BCUT2D eigenvalue weighted by Gasteiger charge is 2.31. The van der Waals surface area contributed by atoms with Gasteiger partial charge in [0.15, 0.2) is 5.17 Å². The Bertz CT molecular complexity index is 1330. The number of anilines is 2. The molecule has 37 heavy (non-hydrogen) atoms. The van der Waals surface area contributed by atoms with E-state index < -0.39 is 6.36 Å². The van der Waals surface area contributed by atoms with Crippen LogP contribution in [0, 0.1) is 0 Å². The van der Waals surface area contributed by atoms with Crippen LogP contribution < -0.4 is 20.1 Å². The molecule has 190 valence electrons. The minimum absolute atomic E-state index is 0.277. The van der Waals surface area contributed by atoms with Crippen LogP contribution in [-0.4, -0.2) is 30.0 Å². The summed E-state index contributed by atoms with van der Waals surface area (Å²) >= 11 is 1.66. The van der Waals surface area contributed by atoms with Crippen molar-refractivity contribution in [3.63, 3.8) is 0 Å². The standard InChI is InChI=1S/C26H23F3N6OS/c1-2-19-5-3-4-6-23(19)34-17-37-25(34)32-31-15-18-7-9-20(10-8-18)24-30-16-35(33-24)21-11-13-22(14-12-21)36-26(27,28)29/h3-16,24,33H,2,17H2,1H3/b31-15+,32-25-. The molecule has 0 radical (unpaired) electrons. The number of amidine groups is 1. The third-order valence-electron chi connectivity index (χ3n) is 5.76. The van der Waals surface area contributed by atoms with E-state index >= 15 is 0 Å². The molecule has 1 atom stereocenters. The van der Waals surface area contributed by atoms with Gasteiger partial charge < -0.3 is 9.64 Å². The van der Waals surface area contributed by atoms with Gasteiger partial charge in [0.2, 0.25) is 0 Å². The van der Waals surface area contributed by atoms with E-state index in [2.05, 4.69) is 49.3 Å². The minimum atomic E-state index is -4.72. The number of aliphatic imine (C=N–C) groups is 1. The molecule has 0 aromatic heterocycles. The van der Waals surface area contributed by atoms with Crippen molar-refractivity contribution in [2.75, 3.05) is 15.8 Å². The first-order valence-electron chi connectivity index (χ1n) is 11.5. The van der Waals surface area contributed by atoms with E-state index in [4.69, 9.17) is 0 Å². The normalized spacial score (nSPS) is 18.6. The summed E-state index contributed by atoms with van der Waals surface area (Å²) in [5, 5.41) is 11.2. The predicted molar refractivity (Wildman–Crippen MR) is 142 cm³/mol. The molecule has 0 saturated carbocycles. The fourth-order valence-corrected chi connectivity index (χ4v) is 4.58. The SMILES string of the molecule is CCc1ccccc1N1CS/C1=N\N=C\c1ccc(C2N=CN(c3ccc(OC(F)(F)F)cc3)N2)cc1. The largest absolute Gasteiger partial charge is 0.573 e. The first-order chi connectivity index (χ1) is 17.9. The van der Waals surface area contributed by atoms with E-state index in [0.717, 1.165) is 28.6 Å². The van der Waals surface area contributed by atoms with E-state index in [-0.39, 0.29) is 11.9 Å². The summed E-state index contributed by atoms with van der Waals surface area (Å²) in [6.45, 7) is 2.14. The molecular formula is C26H23F3N6OS. The van der Waals surface area contributed by atoms with Crippen molar-refractivity contribution in [1.82, 2.24) is 5.43 Å². The monoisotopic (exact) mass is 524 g/mol. The van der Waals surface area contributed by atoms with Crippen LogP contribution in [0.25, 0.3) is 0 Å². The topological polar surface area (TPSA) is 64.8 Å². The Morgan fingerprint density at radius 2 is 1.84 bits per heavy atom. The molecule has 1 saturated heterocycles. The van der Waals surface area contributed by atoms with Crippen LogP contribution in [-0.2, 0) is 6.42 Å². The van der Waals surface area contributed by atoms with Gasteiger partial charge in [-0.1, -0.05) is 61.2 Å². The number of rotatable bonds is 7. The molecule has 5 rings (SSSR count). The maximum atomic E-state index is 12.4. The van der Waals surface area contributed by atoms with E-state index in [1.807, 2.05) is 36.4 Å². The molecule has 1 unspecified atom stereocenters. The molecule has 3 aromatic rings. The predicted octanol–water partition coefficient (Wildman–Crippen LogP) is 6.10. The maximum Gasteiger partial charge on any atom is 0.573 e. The number of alkyl halides is 3. The molecule has 1 fully saturated rings. The Morgan fingerprint density at radius 3 is 2.51 bits per heavy atom. The van der Waals surface area contributed by atoms with Crippen molar-refractivity contribution >= 4 is 40.9 Å². The van der Waals surface area contributed by atoms with Crippen molar-refractivity contribution in [3.8, 4) is 5.75 Å². The zero-order chi connectivity index (χ0) is 25.8. The summed E-state index contributed by atoms with van der Waals surface area (Å²) in [7, 11) is 0. The Morgan fingerprint density at radius 1 is 1.08 bits per heavy atom. The van der Waals surface area contributed by atoms with E-state index in [9.17, 15) is 13.2 Å². The molecule has 2 aliphatic rings. The second-order valence-electron chi connectivity index (χ2n) is 8.19.